The lowest BCUT2D eigenvalue weighted by atomic mass is 9.53. The lowest BCUT2D eigenvalue weighted by molar-refractivity contribution is -0.131. The maximum absolute atomic E-state index is 10.8. The van der Waals surface area contributed by atoms with Crippen molar-refractivity contribution >= 4 is 5.97 Å². The molecule has 0 radical (unpaired) electrons. The van der Waals surface area contributed by atoms with Crippen molar-refractivity contribution in [2.45, 2.75) is 65.9 Å². The summed E-state index contributed by atoms with van der Waals surface area (Å²) in [5.41, 5.74) is 1.77. The zero-order valence-electron chi connectivity index (χ0n) is 17.3. The Morgan fingerprint density at radius 3 is 2.63 bits per heavy atom. The van der Waals surface area contributed by atoms with E-state index in [2.05, 4.69) is 39.8 Å². The van der Waals surface area contributed by atoms with Crippen LogP contribution in [-0.2, 0) is 4.79 Å². The molecule has 0 spiro atoms. The van der Waals surface area contributed by atoms with Crippen LogP contribution in [0, 0.1) is 40.9 Å². The van der Waals surface area contributed by atoms with E-state index in [1.807, 2.05) is 6.08 Å². The molecule has 0 unspecified atom stereocenters. The summed E-state index contributed by atoms with van der Waals surface area (Å²) in [6.07, 6.45) is 14.8. The first-order valence-electron chi connectivity index (χ1n) is 10.7. The molecular weight excluding hydrogens is 336 g/mol. The lowest BCUT2D eigenvalue weighted by Crippen LogP contribution is -2.49. The Bertz CT molecular complexity index is 646. The zero-order chi connectivity index (χ0) is 19.8. The third-order valence-corrected chi connectivity index (χ3v) is 7.74. The molecule has 0 saturated heterocycles. The standard InChI is InChI=1S/C24H36O3/c1-5-6-9-16(3)23-17(10-7-8-11-20(26)27)21-15(2)12-13-19(25)22(21)18-14-24(18,23)4/h7-11,15,17-19,21-23,25H,5-6,12-14H2,1-4H3,(H,26,27)/b10-7+,11-8+,16-9+/t15-,17-,18+,19-,21-,22-,23-,24+/m0/s1. The largest absolute Gasteiger partial charge is 0.478 e. The third kappa shape index (κ3) is 3.81. The first-order chi connectivity index (χ1) is 12.8. The van der Waals surface area contributed by atoms with E-state index >= 15 is 0 Å². The summed E-state index contributed by atoms with van der Waals surface area (Å²) in [5.74, 6) is 2.07. The van der Waals surface area contributed by atoms with Crippen LogP contribution in [0.5, 0.6) is 0 Å². The molecule has 27 heavy (non-hydrogen) atoms. The van der Waals surface area contributed by atoms with Crippen LogP contribution < -0.4 is 0 Å². The van der Waals surface area contributed by atoms with Crippen molar-refractivity contribution in [1.82, 2.24) is 0 Å². The number of aliphatic carboxylic acids is 1. The molecule has 3 rings (SSSR count). The third-order valence-electron chi connectivity index (χ3n) is 7.74. The maximum atomic E-state index is 10.8. The highest BCUT2D eigenvalue weighted by Gasteiger charge is 2.68. The summed E-state index contributed by atoms with van der Waals surface area (Å²) in [4.78, 5) is 10.8. The molecular formula is C24H36O3. The predicted molar refractivity (Wildman–Crippen MR) is 109 cm³/mol. The van der Waals surface area contributed by atoms with Crippen LogP contribution in [0.2, 0.25) is 0 Å². The van der Waals surface area contributed by atoms with Gasteiger partial charge in [-0.1, -0.05) is 57.1 Å². The second-order valence-electron chi connectivity index (χ2n) is 9.47. The number of rotatable bonds is 6. The number of allylic oxidation sites excluding steroid dienone is 5. The van der Waals surface area contributed by atoms with E-state index in [4.69, 9.17) is 5.11 Å². The Hall–Kier alpha value is -1.35. The van der Waals surface area contributed by atoms with Gasteiger partial charge in [-0.25, -0.2) is 4.79 Å². The molecule has 3 nitrogen and oxygen atoms in total. The molecule has 3 heteroatoms. The maximum Gasteiger partial charge on any atom is 0.328 e. The van der Waals surface area contributed by atoms with Gasteiger partial charge in [0.1, 0.15) is 0 Å². The van der Waals surface area contributed by atoms with E-state index in [1.165, 1.54) is 18.1 Å². The van der Waals surface area contributed by atoms with Crippen molar-refractivity contribution in [3.05, 3.63) is 36.0 Å². The monoisotopic (exact) mass is 372 g/mol. The molecule has 0 aliphatic heterocycles. The van der Waals surface area contributed by atoms with Crippen molar-refractivity contribution in [3.8, 4) is 0 Å². The van der Waals surface area contributed by atoms with Crippen LogP contribution >= 0.6 is 0 Å². The number of carboxylic acid groups (broad SMARTS) is 1. The van der Waals surface area contributed by atoms with Crippen LogP contribution in [0.3, 0.4) is 0 Å². The molecule has 0 aromatic heterocycles. The summed E-state index contributed by atoms with van der Waals surface area (Å²) in [6, 6.07) is 0. The van der Waals surface area contributed by atoms with E-state index in [9.17, 15) is 9.90 Å². The van der Waals surface area contributed by atoms with Gasteiger partial charge in [-0.2, -0.15) is 0 Å². The quantitative estimate of drug-likeness (QED) is 0.381. The molecule has 3 fully saturated rings. The molecule has 3 aliphatic carbocycles. The van der Waals surface area contributed by atoms with Gasteiger partial charge in [0.05, 0.1) is 6.10 Å². The number of hydrogen-bond acceptors (Lipinski definition) is 2. The molecule has 0 bridgehead atoms. The highest BCUT2D eigenvalue weighted by atomic mass is 16.4. The number of carboxylic acids is 1. The van der Waals surface area contributed by atoms with Crippen LogP contribution in [0.4, 0.5) is 0 Å². The van der Waals surface area contributed by atoms with Crippen LogP contribution in [-0.4, -0.2) is 22.3 Å². The van der Waals surface area contributed by atoms with Gasteiger partial charge in [-0.05, 0) is 73.5 Å². The lowest BCUT2D eigenvalue weighted by Gasteiger charge is -2.52. The van der Waals surface area contributed by atoms with Gasteiger partial charge < -0.3 is 10.2 Å². The number of aliphatic hydroxyl groups is 1. The summed E-state index contributed by atoms with van der Waals surface area (Å²) in [7, 11) is 0. The fraction of sp³-hybridized carbons (Fsp3) is 0.708. The summed E-state index contributed by atoms with van der Waals surface area (Å²) in [5, 5.41) is 19.7. The first-order valence-corrected chi connectivity index (χ1v) is 10.7. The molecule has 0 amide bonds. The van der Waals surface area contributed by atoms with Crippen molar-refractivity contribution in [3.63, 3.8) is 0 Å². The average Bonchev–Trinajstić information content (AvgIpc) is 3.30. The fourth-order valence-corrected chi connectivity index (χ4v) is 6.53. The fourth-order valence-electron chi connectivity index (χ4n) is 6.53. The number of fused-ring (bicyclic) bond motifs is 3. The van der Waals surface area contributed by atoms with E-state index in [0.29, 0.717) is 35.5 Å². The molecule has 0 heterocycles. The second kappa shape index (κ2) is 7.95. The summed E-state index contributed by atoms with van der Waals surface area (Å²) >= 11 is 0. The Labute approximate surface area is 164 Å². The minimum atomic E-state index is -0.910. The van der Waals surface area contributed by atoms with E-state index < -0.39 is 5.97 Å². The Balaban J connectivity index is 1.98. The normalized spacial score (nSPS) is 44.3. The smallest absolute Gasteiger partial charge is 0.328 e. The van der Waals surface area contributed by atoms with Crippen LogP contribution in [0.25, 0.3) is 0 Å². The zero-order valence-corrected chi connectivity index (χ0v) is 17.3. The van der Waals surface area contributed by atoms with Gasteiger partial charge in [0.15, 0.2) is 0 Å². The summed E-state index contributed by atoms with van der Waals surface area (Å²) in [6.45, 7) is 9.28. The molecule has 0 aromatic carbocycles. The molecule has 0 aromatic rings. The van der Waals surface area contributed by atoms with Gasteiger partial charge in [-0.3, -0.25) is 0 Å². The molecule has 8 atom stereocenters. The van der Waals surface area contributed by atoms with E-state index in [-0.39, 0.29) is 11.5 Å². The van der Waals surface area contributed by atoms with E-state index in [1.54, 1.807) is 6.08 Å². The first kappa shape index (κ1) is 20.4. The van der Waals surface area contributed by atoms with Crippen LogP contribution in [0.15, 0.2) is 36.0 Å². The molecule has 3 aliphatic rings. The van der Waals surface area contributed by atoms with Gasteiger partial charge >= 0.3 is 5.97 Å². The Kier molecular flexibility index (Phi) is 6.00. The second-order valence-corrected chi connectivity index (χ2v) is 9.47. The SMILES string of the molecule is CCC/C=C(\C)[C@H]1[C@@H](/C=C/C=C/C(=O)O)[C@H]2[C@@H]([C@H]3C[C@]31C)[C@@H](O)CC[C@@H]2C. The number of aliphatic hydroxyl groups excluding tert-OH is 1. The minimum absolute atomic E-state index is 0.177. The summed E-state index contributed by atoms with van der Waals surface area (Å²) < 4.78 is 0. The van der Waals surface area contributed by atoms with Crippen molar-refractivity contribution in [2.24, 2.45) is 40.9 Å². The van der Waals surface area contributed by atoms with Crippen LogP contribution in [0.1, 0.15) is 59.8 Å². The average molecular weight is 373 g/mol. The topological polar surface area (TPSA) is 57.5 Å². The van der Waals surface area contributed by atoms with Gasteiger partial charge in [0.2, 0.25) is 0 Å². The number of hydrogen-bond donors (Lipinski definition) is 2. The van der Waals surface area contributed by atoms with Crippen molar-refractivity contribution in [1.29, 1.82) is 0 Å². The Morgan fingerprint density at radius 1 is 1.22 bits per heavy atom. The van der Waals surface area contributed by atoms with Gasteiger partial charge in [0, 0.05) is 6.08 Å². The highest BCUT2D eigenvalue weighted by Crippen LogP contribution is 2.73. The van der Waals surface area contributed by atoms with Crippen molar-refractivity contribution in [2.75, 3.05) is 0 Å². The molecule has 150 valence electrons. The van der Waals surface area contributed by atoms with E-state index in [0.717, 1.165) is 25.7 Å². The van der Waals surface area contributed by atoms with Gasteiger partial charge in [0.25, 0.3) is 0 Å². The molecule has 2 N–H and O–H groups in total. The Morgan fingerprint density at radius 2 is 1.96 bits per heavy atom. The minimum Gasteiger partial charge on any atom is -0.478 e. The predicted octanol–water partition coefficient (Wildman–Crippen LogP) is 5.23. The van der Waals surface area contributed by atoms with Gasteiger partial charge in [-0.15, -0.1) is 0 Å². The highest BCUT2D eigenvalue weighted by molar-refractivity contribution is 5.80. The molecule has 3 saturated carbocycles. The number of unbranched alkanes of at least 4 members (excludes halogenated alkanes) is 1. The number of carbonyl (C=O) groups is 1. The van der Waals surface area contributed by atoms with Crippen molar-refractivity contribution < 1.29 is 15.0 Å².